The number of amides is 2. The molecule has 2 aliphatic rings. The molecule has 1 saturated heterocycles. The van der Waals surface area contributed by atoms with E-state index in [1.54, 1.807) is 30.1 Å². The van der Waals surface area contributed by atoms with Crippen molar-refractivity contribution in [2.45, 2.75) is 63.4 Å². The molecule has 178 valence electrons. The van der Waals surface area contributed by atoms with Crippen LogP contribution in [0.25, 0.3) is 0 Å². The average molecular weight is 466 g/mol. The van der Waals surface area contributed by atoms with Gasteiger partial charge in [0.25, 0.3) is 0 Å². The van der Waals surface area contributed by atoms with Crippen LogP contribution in [-0.4, -0.2) is 63.9 Å². The number of benzene rings is 1. The number of piperidine rings is 1. The fourth-order valence-corrected chi connectivity index (χ4v) is 5.93. The van der Waals surface area contributed by atoms with Crippen molar-refractivity contribution in [1.82, 2.24) is 9.62 Å². The number of carbonyl (C=O) groups excluding carboxylic acids is 2. The maximum atomic E-state index is 13.4. The average Bonchev–Trinajstić information content (AvgIpc) is 2.93. The quantitative estimate of drug-likeness (QED) is 0.594. The number of hydrogen-bond donors (Lipinski definition) is 1. The molecule has 0 bridgehead atoms. The van der Waals surface area contributed by atoms with E-state index in [2.05, 4.69) is 5.32 Å². The van der Waals surface area contributed by atoms with Gasteiger partial charge in [-0.1, -0.05) is 0 Å². The summed E-state index contributed by atoms with van der Waals surface area (Å²) in [5.41, 5.74) is 0.663. The molecule has 0 spiro atoms. The van der Waals surface area contributed by atoms with Gasteiger partial charge >= 0.3 is 0 Å². The first-order valence-electron chi connectivity index (χ1n) is 11.3. The first-order chi connectivity index (χ1) is 15.0. The van der Waals surface area contributed by atoms with Gasteiger partial charge in [0.2, 0.25) is 21.8 Å². The van der Waals surface area contributed by atoms with Gasteiger partial charge in [-0.3, -0.25) is 9.59 Å². The predicted octanol–water partition coefficient (Wildman–Crippen LogP) is 2.27. The Morgan fingerprint density at radius 3 is 2.72 bits per heavy atom. The lowest BCUT2D eigenvalue weighted by atomic mass is 9.86. The van der Waals surface area contributed by atoms with Crippen LogP contribution in [0.3, 0.4) is 0 Å². The first kappa shape index (κ1) is 24.7. The van der Waals surface area contributed by atoms with E-state index in [4.69, 9.17) is 4.74 Å². The van der Waals surface area contributed by atoms with Crippen molar-refractivity contribution in [2.24, 2.45) is 5.92 Å². The number of ether oxygens (including phenoxy) is 1. The van der Waals surface area contributed by atoms with Crippen molar-refractivity contribution in [1.29, 1.82) is 0 Å². The summed E-state index contributed by atoms with van der Waals surface area (Å²) in [4.78, 5) is 26.9. The molecule has 2 amide bonds. The molecule has 0 saturated carbocycles. The second-order valence-electron chi connectivity index (χ2n) is 9.43. The highest BCUT2D eigenvalue weighted by Gasteiger charge is 2.43. The highest BCUT2D eigenvalue weighted by molar-refractivity contribution is 7.89. The van der Waals surface area contributed by atoms with Crippen molar-refractivity contribution < 1.29 is 22.7 Å². The molecule has 3 rings (SSSR count). The lowest BCUT2D eigenvalue weighted by Gasteiger charge is -2.31. The van der Waals surface area contributed by atoms with Crippen molar-refractivity contribution in [3.63, 3.8) is 0 Å². The lowest BCUT2D eigenvalue weighted by molar-refractivity contribution is -0.126. The van der Waals surface area contributed by atoms with Gasteiger partial charge in [0.05, 0.1) is 22.3 Å². The highest BCUT2D eigenvalue weighted by Crippen LogP contribution is 2.42. The second-order valence-corrected chi connectivity index (χ2v) is 11.4. The van der Waals surface area contributed by atoms with Crippen molar-refractivity contribution in [3.8, 4) is 0 Å². The Bertz CT molecular complexity index is 974. The molecule has 0 unspecified atom stereocenters. The summed E-state index contributed by atoms with van der Waals surface area (Å²) < 4.78 is 33.6. The summed E-state index contributed by atoms with van der Waals surface area (Å²) in [6.45, 7) is 9.18. The second kappa shape index (κ2) is 9.49. The molecule has 1 atom stereocenters. The van der Waals surface area contributed by atoms with Crippen molar-refractivity contribution >= 4 is 27.5 Å². The molecular weight excluding hydrogens is 430 g/mol. The third kappa shape index (κ3) is 4.84. The number of hydrogen-bond acceptors (Lipinski definition) is 5. The van der Waals surface area contributed by atoms with Crippen molar-refractivity contribution in [3.05, 3.63) is 23.8 Å². The van der Waals surface area contributed by atoms with E-state index in [0.717, 1.165) is 12.1 Å². The van der Waals surface area contributed by atoms with E-state index in [1.165, 1.54) is 4.31 Å². The summed E-state index contributed by atoms with van der Waals surface area (Å²) in [5, 5.41) is 2.91. The minimum atomic E-state index is -3.77. The SMILES string of the molecule is CC(C)OCCCNC(=O)[C@@H]1CCCN(S(=O)(=O)c2ccc3c(c2)C(C)(C)C(=O)N3C)C1. The monoisotopic (exact) mass is 465 g/mol. The zero-order valence-corrected chi connectivity index (χ0v) is 20.5. The maximum absolute atomic E-state index is 13.4. The fraction of sp³-hybridized carbons (Fsp3) is 0.652. The summed E-state index contributed by atoms with van der Waals surface area (Å²) in [6, 6.07) is 4.87. The highest BCUT2D eigenvalue weighted by atomic mass is 32.2. The molecular formula is C23H35N3O5S. The number of sulfonamides is 1. The molecule has 8 nitrogen and oxygen atoms in total. The van der Waals surface area contributed by atoms with Gasteiger partial charge in [0, 0.05) is 39.0 Å². The first-order valence-corrected chi connectivity index (χ1v) is 12.7. The molecule has 1 aromatic rings. The normalized spacial score (nSPS) is 21.1. The summed E-state index contributed by atoms with van der Waals surface area (Å²) >= 11 is 0. The Labute approximate surface area is 191 Å². The number of fused-ring (bicyclic) bond motifs is 1. The van der Waals surface area contributed by atoms with Crippen molar-refractivity contribution in [2.75, 3.05) is 38.2 Å². The van der Waals surface area contributed by atoms with Crippen LogP contribution in [0, 0.1) is 5.92 Å². The Morgan fingerprint density at radius 1 is 1.31 bits per heavy atom. The van der Waals surface area contributed by atoms with E-state index >= 15 is 0 Å². The van der Waals surface area contributed by atoms with Crippen LogP contribution < -0.4 is 10.2 Å². The van der Waals surface area contributed by atoms with Crippen LogP contribution in [0.2, 0.25) is 0 Å². The molecule has 0 aromatic heterocycles. The zero-order chi connectivity index (χ0) is 23.7. The molecule has 2 heterocycles. The third-order valence-corrected chi connectivity index (χ3v) is 8.17. The van der Waals surface area contributed by atoms with Crippen LogP contribution in [-0.2, 0) is 29.8 Å². The number of carbonyl (C=O) groups is 2. The van der Waals surface area contributed by atoms with Gasteiger partial charge in [0.15, 0.2) is 0 Å². The Kier molecular flexibility index (Phi) is 7.31. The van der Waals surface area contributed by atoms with E-state index in [-0.39, 0.29) is 35.3 Å². The van der Waals surface area contributed by atoms with Gasteiger partial charge < -0.3 is 15.0 Å². The predicted molar refractivity (Wildman–Crippen MR) is 123 cm³/mol. The van der Waals surface area contributed by atoms with E-state index in [1.807, 2.05) is 27.7 Å². The van der Waals surface area contributed by atoms with Gasteiger partial charge in [-0.05, 0) is 70.7 Å². The largest absolute Gasteiger partial charge is 0.379 e. The molecule has 2 aliphatic heterocycles. The van der Waals surface area contributed by atoms with E-state index < -0.39 is 15.4 Å². The minimum absolute atomic E-state index is 0.0597. The molecule has 1 aromatic carbocycles. The molecule has 32 heavy (non-hydrogen) atoms. The zero-order valence-electron chi connectivity index (χ0n) is 19.7. The van der Waals surface area contributed by atoms with Gasteiger partial charge in [0.1, 0.15) is 0 Å². The molecule has 1 fully saturated rings. The molecule has 0 radical (unpaired) electrons. The van der Waals surface area contributed by atoms with E-state index in [9.17, 15) is 18.0 Å². The topological polar surface area (TPSA) is 96.0 Å². The number of rotatable bonds is 8. The Balaban J connectivity index is 1.68. The fourth-order valence-electron chi connectivity index (χ4n) is 4.38. The minimum Gasteiger partial charge on any atom is -0.379 e. The summed E-state index contributed by atoms with van der Waals surface area (Å²) in [6.07, 6.45) is 2.17. The maximum Gasteiger partial charge on any atom is 0.243 e. The van der Waals surface area contributed by atoms with E-state index in [0.29, 0.717) is 38.1 Å². The van der Waals surface area contributed by atoms with Crippen LogP contribution in [0.5, 0.6) is 0 Å². The standard InChI is InChI=1S/C23H35N3O5S/c1-16(2)31-13-7-11-24-21(27)17-8-6-12-26(15-17)32(29,30)18-9-10-20-19(14-18)23(3,4)22(28)25(20)5/h9-10,14,16-17H,6-8,11-13,15H2,1-5H3,(H,24,27)/t17-/m1/s1. The van der Waals surface area contributed by atoms with Crippen LogP contribution in [0.4, 0.5) is 5.69 Å². The third-order valence-electron chi connectivity index (χ3n) is 6.31. The van der Waals surface area contributed by atoms with Gasteiger partial charge in [-0.15, -0.1) is 0 Å². The molecule has 0 aliphatic carbocycles. The van der Waals surface area contributed by atoms with Gasteiger partial charge in [-0.2, -0.15) is 4.31 Å². The number of nitrogens with one attached hydrogen (secondary N) is 1. The van der Waals surface area contributed by atoms with Crippen LogP contribution in [0.15, 0.2) is 23.1 Å². The number of anilines is 1. The smallest absolute Gasteiger partial charge is 0.243 e. The molecule has 9 heteroatoms. The summed E-state index contributed by atoms with van der Waals surface area (Å²) in [7, 11) is -2.07. The Morgan fingerprint density at radius 2 is 2.03 bits per heavy atom. The lowest BCUT2D eigenvalue weighted by Crippen LogP contribution is -2.45. The number of likely N-dealkylation sites (N-methyl/N-ethyl adjacent to an activating group) is 1. The van der Waals surface area contributed by atoms with Crippen LogP contribution in [0.1, 0.15) is 52.5 Å². The molecule has 1 N–H and O–H groups in total. The Hall–Kier alpha value is -1.97. The summed E-state index contributed by atoms with van der Waals surface area (Å²) in [5.74, 6) is -0.546. The number of nitrogens with zero attached hydrogens (tertiary/aromatic N) is 2. The van der Waals surface area contributed by atoms with Gasteiger partial charge in [-0.25, -0.2) is 8.42 Å². The van der Waals surface area contributed by atoms with Crippen LogP contribution >= 0.6 is 0 Å².